The molecular formula is C16H26N2O2. The van der Waals surface area contributed by atoms with Gasteiger partial charge in [-0.1, -0.05) is 12.1 Å². The standard InChI is InChI=1S/C16H26N2O2/c1-11(13-7-9-14(20-6)10-8-13)17-12(2)15(19)18-16(3,4)5/h7-12,17H,1-6H3,(H,18,19)/t11-,12?/m0/s1. The Labute approximate surface area is 121 Å². The van der Waals surface area contributed by atoms with E-state index in [0.29, 0.717) is 0 Å². The van der Waals surface area contributed by atoms with Gasteiger partial charge in [-0.05, 0) is 52.3 Å². The number of methoxy groups -OCH3 is 1. The van der Waals surface area contributed by atoms with E-state index in [9.17, 15) is 4.79 Å². The molecule has 2 N–H and O–H groups in total. The number of amides is 1. The Morgan fingerprint density at radius 3 is 2.15 bits per heavy atom. The SMILES string of the molecule is COc1ccc([C@H](C)NC(C)C(=O)NC(C)(C)C)cc1. The number of rotatable bonds is 5. The van der Waals surface area contributed by atoms with Crippen molar-refractivity contribution in [1.82, 2.24) is 10.6 Å². The molecule has 0 heterocycles. The first kappa shape index (κ1) is 16.5. The van der Waals surface area contributed by atoms with Gasteiger partial charge >= 0.3 is 0 Å². The summed E-state index contributed by atoms with van der Waals surface area (Å²) in [6, 6.07) is 7.71. The smallest absolute Gasteiger partial charge is 0.237 e. The van der Waals surface area contributed by atoms with Crippen LogP contribution in [0.1, 0.15) is 46.2 Å². The lowest BCUT2D eigenvalue weighted by atomic mass is 10.1. The first-order valence-electron chi connectivity index (χ1n) is 6.95. The van der Waals surface area contributed by atoms with Gasteiger partial charge in [0.1, 0.15) is 5.75 Å². The van der Waals surface area contributed by atoms with Crippen molar-refractivity contribution in [3.05, 3.63) is 29.8 Å². The number of carbonyl (C=O) groups is 1. The molecule has 0 bridgehead atoms. The molecule has 2 atom stereocenters. The van der Waals surface area contributed by atoms with E-state index in [2.05, 4.69) is 10.6 Å². The van der Waals surface area contributed by atoms with Crippen LogP contribution < -0.4 is 15.4 Å². The molecule has 1 amide bonds. The normalized spacial score (nSPS) is 14.5. The second-order valence-electron chi connectivity index (χ2n) is 6.12. The summed E-state index contributed by atoms with van der Waals surface area (Å²) >= 11 is 0. The fourth-order valence-corrected chi connectivity index (χ4v) is 1.92. The minimum Gasteiger partial charge on any atom is -0.497 e. The van der Waals surface area contributed by atoms with Gasteiger partial charge in [0.2, 0.25) is 5.91 Å². The van der Waals surface area contributed by atoms with E-state index < -0.39 is 0 Å². The summed E-state index contributed by atoms with van der Waals surface area (Å²) < 4.78 is 5.14. The first-order chi connectivity index (χ1) is 9.23. The first-order valence-corrected chi connectivity index (χ1v) is 6.95. The van der Waals surface area contributed by atoms with E-state index in [1.165, 1.54) is 0 Å². The summed E-state index contributed by atoms with van der Waals surface area (Å²) in [5, 5.41) is 6.28. The topological polar surface area (TPSA) is 50.4 Å². The highest BCUT2D eigenvalue weighted by Crippen LogP contribution is 2.17. The van der Waals surface area contributed by atoms with Crippen molar-refractivity contribution >= 4 is 5.91 Å². The van der Waals surface area contributed by atoms with Crippen molar-refractivity contribution in [2.75, 3.05) is 7.11 Å². The van der Waals surface area contributed by atoms with Gasteiger partial charge in [0.15, 0.2) is 0 Å². The fraction of sp³-hybridized carbons (Fsp3) is 0.562. The molecule has 0 fully saturated rings. The number of ether oxygens (including phenoxy) is 1. The zero-order valence-electron chi connectivity index (χ0n) is 13.3. The molecule has 1 aromatic rings. The highest BCUT2D eigenvalue weighted by molar-refractivity contribution is 5.81. The molecule has 0 aliphatic carbocycles. The van der Waals surface area contributed by atoms with Gasteiger partial charge in [0, 0.05) is 11.6 Å². The minimum absolute atomic E-state index is 0.0119. The summed E-state index contributed by atoms with van der Waals surface area (Å²) in [4.78, 5) is 12.0. The van der Waals surface area contributed by atoms with Crippen molar-refractivity contribution < 1.29 is 9.53 Å². The van der Waals surface area contributed by atoms with Crippen molar-refractivity contribution in [3.63, 3.8) is 0 Å². The molecule has 0 radical (unpaired) electrons. The van der Waals surface area contributed by atoms with Crippen LogP contribution in [0.15, 0.2) is 24.3 Å². The number of carbonyl (C=O) groups excluding carboxylic acids is 1. The molecule has 0 aliphatic heterocycles. The van der Waals surface area contributed by atoms with Crippen LogP contribution in [0.3, 0.4) is 0 Å². The maximum atomic E-state index is 12.0. The van der Waals surface area contributed by atoms with Gasteiger partial charge in [0.05, 0.1) is 13.2 Å². The van der Waals surface area contributed by atoms with E-state index in [4.69, 9.17) is 4.74 Å². The lowest BCUT2D eigenvalue weighted by Gasteiger charge is -2.25. The van der Waals surface area contributed by atoms with Crippen LogP contribution in [0.2, 0.25) is 0 Å². The summed E-state index contributed by atoms with van der Waals surface area (Å²) in [6.45, 7) is 9.85. The van der Waals surface area contributed by atoms with Gasteiger partial charge in [-0.2, -0.15) is 0 Å². The maximum absolute atomic E-state index is 12.0. The zero-order valence-corrected chi connectivity index (χ0v) is 13.3. The maximum Gasteiger partial charge on any atom is 0.237 e. The highest BCUT2D eigenvalue weighted by atomic mass is 16.5. The molecule has 1 unspecified atom stereocenters. The number of nitrogens with one attached hydrogen (secondary N) is 2. The Morgan fingerprint density at radius 1 is 1.15 bits per heavy atom. The van der Waals surface area contributed by atoms with E-state index in [1.54, 1.807) is 7.11 Å². The van der Waals surface area contributed by atoms with Crippen LogP contribution in [0.4, 0.5) is 0 Å². The van der Waals surface area contributed by atoms with Crippen molar-refractivity contribution in [3.8, 4) is 5.75 Å². The molecular weight excluding hydrogens is 252 g/mol. The van der Waals surface area contributed by atoms with E-state index in [0.717, 1.165) is 11.3 Å². The molecule has 0 saturated heterocycles. The Balaban J connectivity index is 2.60. The third kappa shape index (κ3) is 5.21. The summed E-state index contributed by atoms with van der Waals surface area (Å²) in [7, 11) is 1.65. The number of benzene rings is 1. The molecule has 20 heavy (non-hydrogen) atoms. The third-order valence-electron chi connectivity index (χ3n) is 3.01. The average molecular weight is 278 g/mol. The van der Waals surface area contributed by atoms with Gasteiger partial charge in [-0.25, -0.2) is 0 Å². The quantitative estimate of drug-likeness (QED) is 0.870. The molecule has 0 spiro atoms. The fourth-order valence-electron chi connectivity index (χ4n) is 1.92. The highest BCUT2D eigenvalue weighted by Gasteiger charge is 2.20. The zero-order chi connectivity index (χ0) is 15.3. The Morgan fingerprint density at radius 2 is 1.70 bits per heavy atom. The van der Waals surface area contributed by atoms with Crippen molar-refractivity contribution in [2.45, 2.75) is 52.2 Å². The predicted octanol–water partition coefficient (Wildman–Crippen LogP) is 2.65. The van der Waals surface area contributed by atoms with Crippen LogP contribution in [-0.4, -0.2) is 24.6 Å². The van der Waals surface area contributed by atoms with Crippen LogP contribution in [0, 0.1) is 0 Å². The molecule has 1 rings (SSSR count). The molecule has 0 saturated carbocycles. The Hall–Kier alpha value is -1.55. The lowest BCUT2D eigenvalue weighted by molar-refractivity contribution is -0.124. The van der Waals surface area contributed by atoms with Crippen LogP contribution >= 0.6 is 0 Å². The molecule has 0 aromatic heterocycles. The van der Waals surface area contributed by atoms with Crippen molar-refractivity contribution in [2.24, 2.45) is 0 Å². The van der Waals surface area contributed by atoms with Crippen LogP contribution in [-0.2, 0) is 4.79 Å². The lowest BCUT2D eigenvalue weighted by Crippen LogP contribution is -2.49. The van der Waals surface area contributed by atoms with Gasteiger partial charge in [-0.3, -0.25) is 10.1 Å². The van der Waals surface area contributed by atoms with Crippen LogP contribution in [0.25, 0.3) is 0 Å². The molecule has 0 aliphatic rings. The molecule has 4 heteroatoms. The number of hydrogen-bond acceptors (Lipinski definition) is 3. The predicted molar refractivity (Wildman–Crippen MR) is 81.9 cm³/mol. The van der Waals surface area contributed by atoms with Gasteiger partial charge in [-0.15, -0.1) is 0 Å². The number of hydrogen-bond donors (Lipinski definition) is 2. The Bertz CT molecular complexity index is 435. The average Bonchev–Trinajstić information content (AvgIpc) is 2.36. The summed E-state index contributed by atoms with van der Waals surface area (Å²) in [6.07, 6.45) is 0. The van der Waals surface area contributed by atoms with Crippen molar-refractivity contribution in [1.29, 1.82) is 0 Å². The summed E-state index contributed by atoms with van der Waals surface area (Å²) in [5.74, 6) is 0.845. The second-order valence-corrected chi connectivity index (χ2v) is 6.12. The van der Waals surface area contributed by atoms with E-state index in [1.807, 2.05) is 58.9 Å². The van der Waals surface area contributed by atoms with E-state index >= 15 is 0 Å². The molecule has 112 valence electrons. The monoisotopic (exact) mass is 278 g/mol. The molecule has 4 nitrogen and oxygen atoms in total. The largest absolute Gasteiger partial charge is 0.497 e. The third-order valence-corrected chi connectivity index (χ3v) is 3.01. The Kier molecular flexibility index (Phi) is 5.57. The van der Waals surface area contributed by atoms with E-state index in [-0.39, 0.29) is 23.5 Å². The summed E-state index contributed by atoms with van der Waals surface area (Å²) in [5.41, 5.74) is 0.914. The second kappa shape index (κ2) is 6.75. The van der Waals surface area contributed by atoms with Gasteiger partial charge < -0.3 is 10.1 Å². The van der Waals surface area contributed by atoms with Crippen LogP contribution in [0.5, 0.6) is 5.75 Å². The molecule has 1 aromatic carbocycles. The minimum atomic E-state index is -0.244. The van der Waals surface area contributed by atoms with Gasteiger partial charge in [0.25, 0.3) is 0 Å².